The van der Waals surface area contributed by atoms with Gasteiger partial charge in [0.2, 0.25) is 5.78 Å². The number of methoxy groups -OCH3 is 1. The Bertz CT molecular complexity index is 1270. The topological polar surface area (TPSA) is 92.5 Å². The van der Waals surface area contributed by atoms with Crippen LogP contribution in [0.25, 0.3) is 11.0 Å². The van der Waals surface area contributed by atoms with Gasteiger partial charge in [-0.05, 0) is 57.8 Å². The van der Waals surface area contributed by atoms with E-state index in [0.29, 0.717) is 41.1 Å². The summed E-state index contributed by atoms with van der Waals surface area (Å²) in [4.78, 5) is 30.2. The Morgan fingerprint density at radius 2 is 1.89 bits per heavy atom. The van der Waals surface area contributed by atoms with Crippen molar-refractivity contribution in [3.05, 3.63) is 71.2 Å². The maximum absolute atomic E-state index is 13.7. The first-order valence-electron chi connectivity index (χ1n) is 11.5. The molecule has 35 heavy (non-hydrogen) atoms. The molecular formula is C27H30N2O6. The number of Topliss-reactive ketones (excluding diaryl/α,β-unsaturated/α-hetero) is 1. The maximum atomic E-state index is 13.7. The minimum absolute atomic E-state index is 0.00990. The molecular weight excluding hydrogens is 448 g/mol. The number of hydrogen-bond donors (Lipinski definition) is 1. The summed E-state index contributed by atoms with van der Waals surface area (Å²) in [6, 6.07) is 13.4. The van der Waals surface area contributed by atoms with E-state index in [-0.39, 0.29) is 17.4 Å². The van der Waals surface area contributed by atoms with Crippen molar-refractivity contribution in [2.75, 3.05) is 34.3 Å². The van der Waals surface area contributed by atoms with E-state index in [0.717, 1.165) is 0 Å². The molecule has 8 heteroatoms. The molecule has 1 unspecified atom stereocenters. The van der Waals surface area contributed by atoms with Crippen LogP contribution in [0.4, 0.5) is 0 Å². The van der Waals surface area contributed by atoms with Gasteiger partial charge in [-0.2, -0.15) is 0 Å². The Morgan fingerprint density at radius 3 is 2.51 bits per heavy atom. The predicted octanol–water partition coefficient (Wildman–Crippen LogP) is 4.37. The molecule has 1 aliphatic heterocycles. The molecule has 4 rings (SSSR count). The highest BCUT2D eigenvalue weighted by molar-refractivity contribution is 6.16. The van der Waals surface area contributed by atoms with Crippen molar-refractivity contribution in [3.63, 3.8) is 0 Å². The van der Waals surface area contributed by atoms with Crippen LogP contribution < -0.4 is 9.47 Å². The molecule has 1 N–H and O–H groups in total. The van der Waals surface area contributed by atoms with Crippen molar-refractivity contribution in [2.24, 2.45) is 0 Å². The second-order valence-electron chi connectivity index (χ2n) is 9.02. The minimum atomic E-state index is -0.766. The largest absolute Gasteiger partial charge is 0.503 e. The average Bonchev–Trinajstić information content (AvgIpc) is 3.37. The van der Waals surface area contributed by atoms with Gasteiger partial charge < -0.3 is 28.8 Å². The van der Waals surface area contributed by atoms with Crippen LogP contribution in [-0.2, 0) is 4.79 Å². The molecule has 0 radical (unpaired) electrons. The van der Waals surface area contributed by atoms with Crippen LogP contribution in [0.1, 0.15) is 36.0 Å². The van der Waals surface area contributed by atoms with Crippen LogP contribution in [0, 0.1) is 0 Å². The molecule has 0 saturated heterocycles. The minimum Gasteiger partial charge on any atom is -0.503 e. The highest BCUT2D eigenvalue weighted by atomic mass is 16.5. The lowest BCUT2D eigenvalue weighted by atomic mass is 9.95. The number of amides is 1. The summed E-state index contributed by atoms with van der Waals surface area (Å²) in [7, 11) is 5.32. The van der Waals surface area contributed by atoms with Gasteiger partial charge in [0.25, 0.3) is 5.91 Å². The molecule has 0 aliphatic carbocycles. The molecule has 1 aromatic heterocycles. The van der Waals surface area contributed by atoms with E-state index in [9.17, 15) is 14.7 Å². The number of nitrogens with zero attached hydrogens (tertiary/aromatic N) is 2. The van der Waals surface area contributed by atoms with Crippen LogP contribution in [0.3, 0.4) is 0 Å². The van der Waals surface area contributed by atoms with E-state index in [1.54, 1.807) is 36.4 Å². The number of carbonyl (C=O) groups excluding carboxylic acids is 2. The predicted molar refractivity (Wildman–Crippen MR) is 132 cm³/mol. The third-order valence-electron chi connectivity index (χ3n) is 5.86. The number of para-hydroxylation sites is 1. The summed E-state index contributed by atoms with van der Waals surface area (Å²) < 4.78 is 16.9. The summed E-state index contributed by atoms with van der Waals surface area (Å²) in [6.07, 6.45) is 0.0108. The highest BCUT2D eigenvalue weighted by Crippen LogP contribution is 2.40. The number of furan rings is 1. The van der Waals surface area contributed by atoms with Crippen molar-refractivity contribution < 1.29 is 28.6 Å². The van der Waals surface area contributed by atoms with Gasteiger partial charge in [0.15, 0.2) is 22.9 Å². The molecule has 1 atom stereocenters. The number of fused-ring (bicyclic) bond motifs is 1. The van der Waals surface area contributed by atoms with Gasteiger partial charge in [-0.1, -0.05) is 24.3 Å². The fourth-order valence-electron chi connectivity index (χ4n) is 4.21. The van der Waals surface area contributed by atoms with Gasteiger partial charge in [-0.15, -0.1) is 0 Å². The van der Waals surface area contributed by atoms with Crippen LogP contribution >= 0.6 is 0 Å². The van der Waals surface area contributed by atoms with Gasteiger partial charge >= 0.3 is 0 Å². The zero-order valence-electron chi connectivity index (χ0n) is 20.6. The summed E-state index contributed by atoms with van der Waals surface area (Å²) in [5.41, 5.74) is 1.11. The first kappa shape index (κ1) is 24.3. The summed E-state index contributed by atoms with van der Waals surface area (Å²) in [5, 5.41) is 11.6. The van der Waals surface area contributed by atoms with E-state index in [4.69, 9.17) is 13.9 Å². The summed E-state index contributed by atoms with van der Waals surface area (Å²) in [6.45, 7) is 4.77. The quantitative estimate of drug-likeness (QED) is 0.457. The molecule has 184 valence electrons. The third-order valence-corrected chi connectivity index (χ3v) is 5.86. The van der Waals surface area contributed by atoms with Crippen LogP contribution in [0.2, 0.25) is 0 Å². The second kappa shape index (κ2) is 9.84. The Labute approximate surface area is 204 Å². The SMILES string of the molecule is COc1cccc2cc(C(=O)C3=C(O)C(=O)N(CCN(C)C)C3c3ccc(OC(C)C)cc3)oc12. The lowest BCUT2D eigenvalue weighted by Crippen LogP contribution is -2.36. The molecule has 1 aliphatic rings. The van der Waals surface area contributed by atoms with Crippen LogP contribution in [0.15, 0.2) is 64.3 Å². The molecule has 3 aromatic rings. The molecule has 0 saturated carbocycles. The van der Waals surface area contributed by atoms with E-state index >= 15 is 0 Å². The number of ether oxygens (including phenoxy) is 2. The number of benzene rings is 2. The average molecular weight is 479 g/mol. The lowest BCUT2D eigenvalue weighted by Gasteiger charge is -2.28. The molecule has 0 spiro atoms. The van der Waals surface area contributed by atoms with Gasteiger partial charge in [-0.3, -0.25) is 9.59 Å². The number of hydrogen-bond acceptors (Lipinski definition) is 7. The molecule has 0 fully saturated rings. The Hall–Kier alpha value is -3.78. The first-order chi connectivity index (χ1) is 16.7. The summed E-state index contributed by atoms with van der Waals surface area (Å²) in [5.74, 6) is -0.498. The Kier molecular flexibility index (Phi) is 6.84. The first-order valence-corrected chi connectivity index (χ1v) is 11.5. The van der Waals surface area contributed by atoms with Crippen LogP contribution in [0.5, 0.6) is 11.5 Å². The normalized spacial score (nSPS) is 16.1. The number of ketones is 1. The molecule has 0 bridgehead atoms. The number of carbonyl (C=O) groups is 2. The maximum Gasteiger partial charge on any atom is 0.290 e. The standard InChI is InChI=1S/C27H30N2O6/c1-16(2)34-19-11-9-17(10-12-19)23-22(25(31)27(32)29(23)14-13-28(3)4)24(30)21-15-18-7-6-8-20(33-5)26(18)35-21/h6-12,15-16,23,31H,13-14H2,1-5H3. The number of aliphatic hydroxyl groups excluding tert-OH is 1. The monoisotopic (exact) mass is 478 g/mol. The van der Waals surface area contributed by atoms with Crippen molar-refractivity contribution in [1.82, 2.24) is 9.80 Å². The van der Waals surface area contributed by atoms with Crippen molar-refractivity contribution in [3.8, 4) is 11.5 Å². The fraction of sp³-hybridized carbons (Fsp3) is 0.333. The smallest absolute Gasteiger partial charge is 0.290 e. The number of likely N-dealkylation sites (N-methyl/N-ethyl adjacent to an activating group) is 1. The van der Waals surface area contributed by atoms with E-state index < -0.39 is 23.5 Å². The van der Waals surface area contributed by atoms with E-state index in [1.807, 2.05) is 45.0 Å². The van der Waals surface area contributed by atoms with Crippen molar-refractivity contribution in [1.29, 1.82) is 0 Å². The number of rotatable bonds is 9. The second-order valence-corrected chi connectivity index (χ2v) is 9.02. The molecule has 2 aromatic carbocycles. The summed E-state index contributed by atoms with van der Waals surface area (Å²) >= 11 is 0. The van der Waals surface area contributed by atoms with Crippen molar-refractivity contribution in [2.45, 2.75) is 26.0 Å². The Balaban J connectivity index is 1.76. The van der Waals surface area contributed by atoms with Gasteiger partial charge in [0.05, 0.1) is 24.8 Å². The lowest BCUT2D eigenvalue weighted by molar-refractivity contribution is -0.129. The van der Waals surface area contributed by atoms with Crippen LogP contribution in [-0.4, -0.2) is 67.0 Å². The highest BCUT2D eigenvalue weighted by Gasteiger charge is 2.44. The van der Waals surface area contributed by atoms with Gasteiger partial charge in [-0.25, -0.2) is 0 Å². The Morgan fingerprint density at radius 1 is 1.17 bits per heavy atom. The molecule has 8 nitrogen and oxygen atoms in total. The van der Waals surface area contributed by atoms with Crippen molar-refractivity contribution >= 4 is 22.7 Å². The van der Waals surface area contributed by atoms with Gasteiger partial charge in [0, 0.05) is 18.5 Å². The van der Waals surface area contributed by atoms with E-state index in [1.165, 1.54) is 12.0 Å². The zero-order valence-corrected chi connectivity index (χ0v) is 20.6. The fourth-order valence-corrected chi connectivity index (χ4v) is 4.21. The van der Waals surface area contributed by atoms with E-state index in [2.05, 4.69) is 0 Å². The van der Waals surface area contributed by atoms with Gasteiger partial charge in [0.1, 0.15) is 5.75 Å². The zero-order chi connectivity index (χ0) is 25.3. The number of aliphatic hydroxyl groups is 1. The molecule has 1 amide bonds. The molecule has 2 heterocycles. The third kappa shape index (κ3) is 4.74.